The van der Waals surface area contributed by atoms with Gasteiger partial charge in [0.15, 0.2) is 0 Å². The number of hydrogen-bond acceptors (Lipinski definition) is 2. The Bertz CT molecular complexity index is 196. The van der Waals surface area contributed by atoms with E-state index < -0.39 is 0 Å². The van der Waals surface area contributed by atoms with Crippen LogP contribution in [0.3, 0.4) is 0 Å². The third-order valence-corrected chi connectivity index (χ3v) is 1.38. The largest absolute Gasteiger partial charge is 0.411 e. The zero-order valence-corrected chi connectivity index (χ0v) is 7.40. The predicted molar refractivity (Wildman–Crippen MR) is 51.8 cm³/mol. The van der Waals surface area contributed by atoms with Crippen LogP contribution in [0.4, 0.5) is 0 Å². The minimum absolute atomic E-state index is 1.21. The van der Waals surface area contributed by atoms with E-state index in [1.54, 1.807) is 0 Å². The first-order valence-corrected chi connectivity index (χ1v) is 3.99. The Kier molecular flexibility index (Phi) is 6.94. The maximum Gasteiger partial charge on any atom is 0.0298 e. The molecule has 12 heavy (non-hydrogen) atoms. The second-order valence-corrected chi connectivity index (χ2v) is 2.38. The molecule has 1 rings (SSSR count). The van der Waals surface area contributed by atoms with Gasteiger partial charge >= 0.3 is 0 Å². The number of oxime groups is 1. The summed E-state index contributed by atoms with van der Waals surface area (Å²) in [4.78, 5) is 0. The molecular weight excluding hydrogens is 150 g/mol. The lowest BCUT2D eigenvalue weighted by Gasteiger charge is -1.93. The van der Waals surface area contributed by atoms with Crippen LogP contribution in [-0.2, 0) is 6.42 Å². The summed E-state index contributed by atoms with van der Waals surface area (Å²) in [5.41, 5.74) is 1.44. The molecule has 0 atom stereocenters. The Morgan fingerprint density at radius 2 is 1.83 bits per heavy atom. The molecule has 0 aliphatic carbocycles. The molecule has 2 heteroatoms. The maximum atomic E-state index is 7.08. The Labute approximate surface area is 73.5 Å². The van der Waals surface area contributed by atoms with Crippen LogP contribution in [0.2, 0.25) is 0 Å². The zero-order chi connectivity index (χ0) is 9.23. The molecule has 0 aliphatic heterocycles. The van der Waals surface area contributed by atoms with Crippen LogP contribution in [0.25, 0.3) is 0 Å². The number of nitrogens with zero attached hydrogens (tertiary/aromatic N) is 1. The summed E-state index contributed by atoms with van der Waals surface area (Å²) >= 11 is 0. The smallest absolute Gasteiger partial charge is 0.0298 e. The van der Waals surface area contributed by atoms with Crippen LogP contribution in [0, 0.1) is 0 Å². The lowest BCUT2D eigenvalue weighted by Crippen LogP contribution is -1.78. The van der Waals surface area contributed by atoms with Crippen LogP contribution in [-0.4, -0.2) is 11.9 Å². The van der Waals surface area contributed by atoms with E-state index in [2.05, 4.69) is 49.1 Å². The summed E-state index contributed by atoms with van der Waals surface area (Å²) in [6, 6.07) is 10.6. The van der Waals surface area contributed by atoms with Crippen molar-refractivity contribution >= 4 is 6.72 Å². The highest BCUT2D eigenvalue weighted by Gasteiger charge is 1.84. The molecule has 0 amide bonds. The summed E-state index contributed by atoms with van der Waals surface area (Å²) in [6.45, 7) is 4.87. The highest BCUT2D eigenvalue weighted by atomic mass is 16.4. The van der Waals surface area contributed by atoms with E-state index in [-0.39, 0.29) is 0 Å². The third kappa shape index (κ3) is 5.47. The van der Waals surface area contributed by atoms with E-state index in [1.165, 1.54) is 18.4 Å². The quantitative estimate of drug-likeness (QED) is 0.408. The molecule has 0 heterocycles. The Hall–Kier alpha value is -1.31. The molecule has 0 fully saturated rings. The summed E-state index contributed by atoms with van der Waals surface area (Å²) in [5, 5.41) is 9.33. The minimum atomic E-state index is 1.21. The van der Waals surface area contributed by atoms with Crippen LogP contribution in [0.1, 0.15) is 18.9 Å². The van der Waals surface area contributed by atoms with Crippen LogP contribution in [0.5, 0.6) is 0 Å². The van der Waals surface area contributed by atoms with Crippen molar-refractivity contribution in [2.75, 3.05) is 0 Å². The van der Waals surface area contributed by atoms with Crippen molar-refractivity contribution in [3.8, 4) is 0 Å². The van der Waals surface area contributed by atoms with Gasteiger partial charge in [0.05, 0.1) is 0 Å². The van der Waals surface area contributed by atoms with E-state index in [0.29, 0.717) is 0 Å². The van der Waals surface area contributed by atoms with Crippen molar-refractivity contribution in [1.29, 1.82) is 0 Å². The molecule has 0 aliphatic rings. The Morgan fingerprint density at radius 3 is 2.25 bits per heavy atom. The van der Waals surface area contributed by atoms with Gasteiger partial charge in [0.2, 0.25) is 0 Å². The average molecular weight is 165 g/mol. The van der Waals surface area contributed by atoms with Gasteiger partial charge in [-0.3, -0.25) is 0 Å². The predicted octanol–water partition coefficient (Wildman–Crippen LogP) is 2.72. The molecule has 0 spiro atoms. The van der Waals surface area contributed by atoms with Gasteiger partial charge < -0.3 is 5.21 Å². The highest BCUT2D eigenvalue weighted by molar-refractivity contribution is 5.20. The molecule has 0 saturated carbocycles. The van der Waals surface area contributed by atoms with Crippen molar-refractivity contribution in [3.05, 3.63) is 35.9 Å². The molecule has 2 nitrogen and oxygen atoms in total. The van der Waals surface area contributed by atoms with Gasteiger partial charge in [-0.05, 0) is 12.0 Å². The summed E-state index contributed by atoms with van der Waals surface area (Å²) in [6.07, 6.45) is 2.45. The topological polar surface area (TPSA) is 32.6 Å². The fourth-order valence-corrected chi connectivity index (χ4v) is 0.933. The Morgan fingerprint density at radius 1 is 1.33 bits per heavy atom. The number of aryl methyl sites for hydroxylation is 1. The summed E-state index contributed by atoms with van der Waals surface area (Å²) in [5.74, 6) is 0. The average Bonchev–Trinajstić information content (AvgIpc) is 2.08. The molecule has 0 aromatic heterocycles. The van der Waals surface area contributed by atoms with Gasteiger partial charge in [-0.2, -0.15) is 0 Å². The van der Waals surface area contributed by atoms with Crippen molar-refractivity contribution in [2.45, 2.75) is 19.8 Å². The van der Waals surface area contributed by atoms with E-state index in [1.807, 2.05) is 0 Å². The number of benzene rings is 1. The van der Waals surface area contributed by atoms with Gasteiger partial charge in [-0.25, -0.2) is 0 Å². The summed E-state index contributed by atoms with van der Waals surface area (Å²) < 4.78 is 0. The van der Waals surface area contributed by atoms with Gasteiger partial charge in [0.1, 0.15) is 0 Å². The first kappa shape index (κ1) is 10.7. The van der Waals surface area contributed by atoms with Gasteiger partial charge in [-0.15, -0.1) is 5.16 Å². The Balaban J connectivity index is 0.000000354. The van der Waals surface area contributed by atoms with Crippen molar-refractivity contribution in [2.24, 2.45) is 5.16 Å². The third-order valence-electron chi connectivity index (χ3n) is 1.38. The minimum Gasteiger partial charge on any atom is -0.411 e. The van der Waals surface area contributed by atoms with Crippen LogP contribution in [0.15, 0.2) is 35.5 Å². The SMILES string of the molecule is C=NO.CCCc1ccccc1. The van der Waals surface area contributed by atoms with Gasteiger partial charge in [-0.1, -0.05) is 43.7 Å². The maximum absolute atomic E-state index is 7.08. The molecular formula is C10H15NO. The lowest BCUT2D eigenvalue weighted by molar-refractivity contribution is 0.323. The molecule has 0 saturated heterocycles. The molecule has 1 aromatic rings. The van der Waals surface area contributed by atoms with Gasteiger partial charge in [0.25, 0.3) is 0 Å². The number of hydrogen-bond donors (Lipinski definition) is 1. The lowest BCUT2D eigenvalue weighted by atomic mass is 10.1. The first-order chi connectivity index (χ1) is 5.85. The standard InChI is InChI=1S/C9H12.CH3NO/c1-2-6-9-7-4-3-5-8-9;1-2-3/h3-5,7-8H,2,6H2,1H3;3H,1H2. The second-order valence-electron chi connectivity index (χ2n) is 2.38. The molecule has 1 aromatic carbocycles. The fraction of sp³-hybridized carbons (Fsp3) is 0.300. The molecule has 66 valence electrons. The van der Waals surface area contributed by atoms with Crippen LogP contribution >= 0.6 is 0 Å². The fourth-order valence-electron chi connectivity index (χ4n) is 0.933. The monoisotopic (exact) mass is 165 g/mol. The van der Waals surface area contributed by atoms with Gasteiger partial charge in [0, 0.05) is 6.72 Å². The van der Waals surface area contributed by atoms with E-state index >= 15 is 0 Å². The summed E-state index contributed by atoms with van der Waals surface area (Å²) in [7, 11) is 0. The highest BCUT2D eigenvalue weighted by Crippen LogP contribution is 2.00. The van der Waals surface area contributed by atoms with Crippen molar-refractivity contribution < 1.29 is 5.21 Å². The molecule has 0 bridgehead atoms. The van der Waals surface area contributed by atoms with E-state index in [4.69, 9.17) is 5.21 Å². The first-order valence-electron chi connectivity index (χ1n) is 3.99. The van der Waals surface area contributed by atoms with E-state index in [0.717, 1.165) is 0 Å². The molecule has 0 unspecified atom stereocenters. The van der Waals surface area contributed by atoms with E-state index in [9.17, 15) is 0 Å². The van der Waals surface area contributed by atoms with Crippen molar-refractivity contribution in [1.82, 2.24) is 0 Å². The normalized spacial score (nSPS) is 8.08. The van der Waals surface area contributed by atoms with Crippen LogP contribution < -0.4 is 0 Å². The van der Waals surface area contributed by atoms with Crippen molar-refractivity contribution in [3.63, 3.8) is 0 Å². The molecule has 0 radical (unpaired) electrons. The zero-order valence-electron chi connectivity index (χ0n) is 7.40. The number of rotatable bonds is 2. The molecule has 1 N–H and O–H groups in total. The second kappa shape index (κ2) is 7.79.